The molecule has 1 aromatic carbocycles. The van der Waals surface area contributed by atoms with Crippen molar-refractivity contribution in [3.63, 3.8) is 0 Å². The van der Waals surface area contributed by atoms with Gasteiger partial charge in [-0.2, -0.15) is 0 Å². The fourth-order valence-corrected chi connectivity index (χ4v) is 5.17. The molecule has 1 saturated heterocycles. The predicted octanol–water partition coefficient (Wildman–Crippen LogP) is 1.44. The summed E-state index contributed by atoms with van der Waals surface area (Å²) in [5.74, 6) is -0.957. The monoisotopic (exact) mass is 385 g/mol. The number of rotatable bonds is 3. The van der Waals surface area contributed by atoms with Gasteiger partial charge in [-0.3, -0.25) is 0 Å². The molecule has 1 aliphatic rings. The summed E-state index contributed by atoms with van der Waals surface area (Å²) < 4.78 is 63.2. The van der Waals surface area contributed by atoms with Gasteiger partial charge >= 0.3 is 0 Å². The van der Waals surface area contributed by atoms with Crippen LogP contribution in [-0.4, -0.2) is 34.4 Å². The zero-order chi connectivity index (χ0) is 15.0. The minimum Gasteiger partial charge on any atom is -0.229 e. The lowest BCUT2D eigenvalue weighted by atomic mass is 10.2. The van der Waals surface area contributed by atoms with Gasteiger partial charge in [0.05, 0.1) is 11.5 Å². The summed E-state index contributed by atoms with van der Waals surface area (Å²) >= 11 is 3.05. The Morgan fingerprint density at radius 3 is 2.40 bits per heavy atom. The van der Waals surface area contributed by atoms with Gasteiger partial charge < -0.3 is 0 Å². The van der Waals surface area contributed by atoms with Crippen LogP contribution < -0.4 is 4.72 Å². The first-order valence-electron chi connectivity index (χ1n) is 5.87. The van der Waals surface area contributed by atoms with Crippen molar-refractivity contribution in [3.8, 4) is 0 Å². The molecule has 9 heteroatoms. The molecule has 5 nitrogen and oxygen atoms in total. The Hall–Kier alpha value is -0.510. The van der Waals surface area contributed by atoms with E-state index in [9.17, 15) is 21.2 Å². The molecule has 1 aromatic rings. The van der Waals surface area contributed by atoms with Crippen molar-refractivity contribution in [1.29, 1.82) is 0 Å². The summed E-state index contributed by atoms with van der Waals surface area (Å²) in [6.45, 7) is 0. The van der Waals surface area contributed by atoms with Crippen LogP contribution in [0.25, 0.3) is 0 Å². The lowest BCUT2D eigenvalue weighted by Crippen LogP contribution is -2.41. The maximum atomic E-state index is 13.7. The van der Waals surface area contributed by atoms with E-state index in [0.717, 1.165) is 6.07 Å². The number of sulfone groups is 1. The smallest absolute Gasteiger partial charge is 0.229 e. The number of hydrogen-bond acceptors (Lipinski definition) is 4. The van der Waals surface area contributed by atoms with E-state index in [-0.39, 0.29) is 24.3 Å². The van der Waals surface area contributed by atoms with E-state index >= 15 is 0 Å². The number of nitrogens with one attached hydrogen (secondary N) is 1. The van der Waals surface area contributed by atoms with Gasteiger partial charge in [0.25, 0.3) is 0 Å². The number of sulfonamides is 1. The molecule has 0 bridgehead atoms. The molecule has 2 rings (SSSR count). The first-order chi connectivity index (χ1) is 9.20. The summed E-state index contributed by atoms with van der Waals surface area (Å²) in [6.07, 6.45) is 0.416. The molecule has 1 fully saturated rings. The van der Waals surface area contributed by atoms with Crippen LogP contribution in [0.15, 0.2) is 27.6 Å². The van der Waals surface area contributed by atoms with Gasteiger partial charge in [-0.25, -0.2) is 25.9 Å². The lowest BCUT2D eigenvalue weighted by molar-refractivity contribution is 0.500. The fourth-order valence-electron chi connectivity index (χ4n) is 1.98. The van der Waals surface area contributed by atoms with Crippen LogP contribution in [0.3, 0.4) is 0 Å². The highest BCUT2D eigenvalue weighted by Gasteiger charge is 2.28. The van der Waals surface area contributed by atoms with Gasteiger partial charge in [0.15, 0.2) is 0 Å². The molecule has 112 valence electrons. The Morgan fingerprint density at radius 2 is 1.85 bits per heavy atom. The van der Waals surface area contributed by atoms with E-state index in [1.54, 1.807) is 0 Å². The molecular formula is C11H13BrFNO4S2. The van der Waals surface area contributed by atoms with Gasteiger partial charge in [0, 0.05) is 10.5 Å². The highest BCUT2D eigenvalue weighted by molar-refractivity contribution is 9.10. The predicted molar refractivity (Wildman–Crippen MR) is 76.1 cm³/mol. The standard InChI is InChI=1S/C11H13BrFNO4S2/c12-8-1-2-11(10(13)7-8)20(17,18)14-9-3-5-19(15,16)6-4-9/h1-2,7,9,14H,3-6H2. The van der Waals surface area contributed by atoms with Crippen molar-refractivity contribution >= 4 is 35.8 Å². The molecule has 1 N–H and O–H groups in total. The third kappa shape index (κ3) is 3.78. The van der Waals surface area contributed by atoms with Crippen LogP contribution in [0.4, 0.5) is 4.39 Å². The first kappa shape index (κ1) is 15.9. The zero-order valence-electron chi connectivity index (χ0n) is 10.3. The minimum absolute atomic E-state index is 0.0526. The molecule has 0 radical (unpaired) electrons. The summed E-state index contributed by atoms with van der Waals surface area (Å²) in [4.78, 5) is -0.436. The molecular weight excluding hydrogens is 373 g/mol. The third-order valence-corrected chi connectivity index (χ3v) is 6.82. The summed E-state index contributed by atoms with van der Waals surface area (Å²) in [6, 6.07) is 3.19. The number of halogens is 2. The zero-order valence-corrected chi connectivity index (χ0v) is 13.6. The molecule has 0 atom stereocenters. The van der Waals surface area contributed by atoms with Crippen LogP contribution in [-0.2, 0) is 19.9 Å². The summed E-state index contributed by atoms with van der Waals surface area (Å²) in [7, 11) is -7.05. The maximum absolute atomic E-state index is 13.7. The van der Waals surface area contributed by atoms with Crippen molar-refractivity contribution < 1.29 is 21.2 Å². The molecule has 20 heavy (non-hydrogen) atoms. The normalized spacial score (nSPS) is 19.9. The molecule has 0 saturated carbocycles. The molecule has 1 aliphatic heterocycles. The van der Waals surface area contributed by atoms with Crippen LogP contribution >= 0.6 is 15.9 Å². The quantitative estimate of drug-likeness (QED) is 0.853. The van der Waals surface area contributed by atoms with Crippen molar-refractivity contribution in [2.75, 3.05) is 11.5 Å². The second-order valence-corrected chi connectivity index (χ2v) is 9.52. The highest BCUT2D eigenvalue weighted by atomic mass is 79.9. The second-order valence-electron chi connectivity index (χ2n) is 4.62. The average molecular weight is 386 g/mol. The fraction of sp³-hybridized carbons (Fsp3) is 0.455. The SMILES string of the molecule is O=S1(=O)CCC(NS(=O)(=O)c2ccc(Br)cc2F)CC1. The van der Waals surface area contributed by atoms with Crippen LogP contribution in [0.1, 0.15) is 12.8 Å². The Bertz CT molecular complexity index is 704. The third-order valence-electron chi connectivity index (χ3n) is 3.06. The van der Waals surface area contributed by atoms with E-state index in [1.165, 1.54) is 12.1 Å². The van der Waals surface area contributed by atoms with Crippen molar-refractivity contribution in [3.05, 3.63) is 28.5 Å². The van der Waals surface area contributed by atoms with Crippen molar-refractivity contribution in [2.24, 2.45) is 0 Å². The molecule has 0 spiro atoms. The van der Waals surface area contributed by atoms with Crippen LogP contribution in [0.2, 0.25) is 0 Å². The van der Waals surface area contributed by atoms with E-state index in [2.05, 4.69) is 20.7 Å². The van der Waals surface area contributed by atoms with E-state index in [1.807, 2.05) is 0 Å². The maximum Gasteiger partial charge on any atom is 0.243 e. The molecule has 0 amide bonds. The Kier molecular flexibility index (Phi) is 4.53. The van der Waals surface area contributed by atoms with Gasteiger partial charge in [0.1, 0.15) is 20.5 Å². The molecule has 0 aromatic heterocycles. The Morgan fingerprint density at radius 1 is 1.25 bits per heavy atom. The van der Waals surface area contributed by atoms with Gasteiger partial charge in [0.2, 0.25) is 10.0 Å². The average Bonchev–Trinajstić information content (AvgIpc) is 2.31. The Balaban J connectivity index is 2.16. The van der Waals surface area contributed by atoms with E-state index in [0.29, 0.717) is 4.47 Å². The first-order valence-corrected chi connectivity index (χ1v) is 9.97. The van der Waals surface area contributed by atoms with Crippen LogP contribution in [0, 0.1) is 5.82 Å². The largest absolute Gasteiger partial charge is 0.243 e. The molecule has 1 heterocycles. The molecule has 0 unspecified atom stereocenters. The van der Waals surface area contributed by atoms with E-state index < -0.39 is 36.6 Å². The summed E-state index contributed by atoms with van der Waals surface area (Å²) in [5, 5.41) is 0. The Labute approximate surface area is 125 Å². The topological polar surface area (TPSA) is 80.3 Å². The van der Waals surface area contributed by atoms with Gasteiger partial charge in [-0.15, -0.1) is 0 Å². The lowest BCUT2D eigenvalue weighted by Gasteiger charge is -2.23. The number of hydrogen-bond donors (Lipinski definition) is 1. The second kappa shape index (κ2) is 5.70. The number of benzene rings is 1. The summed E-state index contributed by atoms with van der Waals surface area (Å²) in [5.41, 5.74) is 0. The van der Waals surface area contributed by atoms with Gasteiger partial charge in [-0.1, -0.05) is 15.9 Å². The minimum atomic E-state index is -3.99. The van der Waals surface area contributed by atoms with Gasteiger partial charge in [-0.05, 0) is 31.0 Å². The van der Waals surface area contributed by atoms with Crippen molar-refractivity contribution in [2.45, 2.75) is 23.8 Å². The van der Waals surface area contributed by atoms with Crippen molar-refractivity contribution in [1.82, 2.24) is 4.72 Å². The molecule has 0 aliphatic carbocycles. The van der Waals surface area contributed by atoms with Crippen LogP contribution in [0.5, 0.6) is 0 Å². The van der Waals surface area contributed by atoms with E-state index in [4.69, 9.17) is 0 Å². The highest BCUT2D eigenvalue weighted by Crippen LogP contribution is 2.21.